The molecule has 1 aliphatic heterocycles. The summed E-state index contributed by atoms with van der Waals surface area (Å²) in [5, 5.41) is 0. The fourth-order valence-corrected chi connectivity index (χ4v) is 3.58. The van der Waals surface area contributed by atoms with Gasteiger partial charge in [0.2, 0.25) is 10.0 Å². The Kier molecular flexibility index (Phi) is 4.67. The number of alkyl halides is 3. The van der Waals surface area contributed by atoms with Gasteiger partial charge < -0.3 is 14.0 Å². The van der Waals surface area contributed by atoms with E-state index in [9.17, 15) is 30.8 Å². The van der Waals surface area contributed by atoms with Gasteiger partial charge in [-0.25, -0.2) is 17.6 Å². The molecule has 0 spiro atoms. The highest BCUT2D eigenvalue weighted by Gasteiger charge is 2.62. The smallest absolute Gasteiger partial charge is 0.412 e. The van der Waals surface area contributed by atoms with E-state index in [0.29, 0.717) is 6.20 Å². The average Bonchev–Trinajstić information content (AvgIpc) is 2.69. The molecule has 0 saturated carbocycles. The van der Waals surface area contributed by atoms with E-state index in [1.54, 1.807) is 0 Å². The van der Waals surface area contributed by atoms with E-state index >= 15 is 0 Å². The Labute approximate surface area is 134 Å². The highest BCUT2D eigenvalue weighted by Crippen LogP contribution is 2.37. The molecule has 1 N–H and O–H groups in total. The van der Waals surface area contributed by atoms with Gasteiger partial charge in [0.15, 0.2) is 17.1 Å². The van der Waals surface area contributed by atoms with Crippen molar-refractivity contribution < 1.29 is 40.2 Å². The van der Waals surface area contributed by atoms with Crippen molar-refractivity contribution >= 4 is 16.0 Å². The lowest BCUT2D eigenvalue weighted by Gasteiger charge is -2.42. The second kappa shape index (κ2) is 6.01. The van der Waals surface area contributed by atoms with Gasteiger partial charge in [-0.15, -0.1) is 0 Å². The van der Waals surface area contributed by atoms with Gasteiger partial charge in [0.05, 0.1) is 19.8 Å². The van der Waals surface area contributed by atoms with Gasteiger partial charge in [0.25, 0.3) is 0 Å². The van der Waals surface area contributed by atoms with Crippen molar-refractivity contribution in [3.63, 3.8) is 0 Å². The van der Waals surface area contributed by atoms with Crippen molar-refractivity contribution in [2.75, 3.05) is 19.8 Å². The zero-order valence-electron chi connectivity index (χ0n) is 12.6. The van der Waals surface area contributed by atoms with Crippen molar-refractivity contribution in [2.24, 2.45) is 7.05 Å². The average molecular weight is 374 g/mol. The third-order valence-corrected chi connectivity index (χ3v) is 4.94. The number of hydrogen-bond donors (Lipinski definition) is 1. The molecule has 2 rings (SSSR count). The molecule has 1 aliphatic rings. The number of sulfonamides is 1. The lowest BCUT2D eigenvalue weighted by Crippen LogP contribution is -2.70. The van der Waals surface area contributed by atoms with E-state index < -0.39 is 57.3 Å². The quantitative estimate of drug-likeness (QED) is 0.613. The number of hydrogen-bond acceptors (Lipinski definition) is 5. The molecule has 7 nitrogen and oxygen atoms in total. The summed E-state index contributed by atoms with van der Waals surface area (Å²) < 4.78 is 89.1. The second-order valence-electron chi connectivity index (χ2n) is 5.17. The minimum Gasteiger partial charge on any atom is -0.461 e. The van der Waals surface area contributed by atoms with Crippen LogP contribution in [0, 0.1) is 5.82 Å². The molecule has 1 fully saturated rings. The molecule has 0 radical (unpaired) electrons. The number of halogens is 4. The summed E-state index contributed by atoms with van der Waals surface area (Å²) in [7, 11) is -3.73. The molecule has 24 heavy (non-hydrogen) atoms. The Balaban J connectivity index is 2.41. The van der Waals surface area contributed by atoms with E-state index in [4.69, 9.17) is 0 Å². The maximum atomic E-state index is 14.3. The van der Waals surface area contributed by atoms with E-state index in [-0.39, 0.29) is 6.61 Å². The first-order chi connectivity index (χ1) is 11.0. The summed E-state index contributed by atoms with van der Waals surface area (Å²) in [5.41, 5.74) is -3.53. The zero-order chi connectivity index (χ0) is 18.3. The van der Waals surface area contributed by atoms with E-state index in [2.05, 4.69) is 9.47 Å². The van der Waals surface area contributed by atoms with Crippen LogP contribution in [-0.2, 0) is 26.5 Å². The summed E-state index contributed by atoms with van der Waals surface area (Å²) in [6, 6.07) is 0. The second-order valence-corrected chi connectivity index (χ2v) is 6.82. The van der Waals surface area contributed by atoms with Gasteiger partial charge in [-0.1, -0.05) is 0 Å². The first kappa shape index (κ1) is 18.7. The number of aryl methyl sites for hydroxylation is 1. The largest absolute Gasteiger partial charge is 0.461 e. The third-order valence-electron chi connectivity index (χ3n) is 3.42. The molecular weight excluding hydrogens is 360 g/mol. The lowest BCUT2D eigenvalue weighted by molar-refractivity contribution is -0.260. The molecule has 1 saturated heterocycles. The highest BCUT2D eigenvalue weighted by atomic mass is 32.2. The molecule has 2 heterocycles. The zero-order valence-corrected chi connectivity index (χ0v) is 13.4. The number of ether oxygens (including phenoxy) is 2. The van der Waals surface area contributed by atoms with Gasteiger partial charge in [0.1, 0.15) is 4.90 Å². The van der Waals surface area contributed by atoms with E-state index in [0.717, 1.165) is 4.57 Å². The molecule has 0 bridgehead atoms. The third kappa shape index (κ3) is 3.00. The summed E-state index contributed by atoms with van der Waals surface area (Å²) in [4.78, 5) is 10.6. The first-order valence-corrected chi connectivity index (χ1v) is 8.14. The standard InChI is InChI=1S/C12H14F4N2O5S/c1-3-23-10(19)9-8(13)7(4-18(9)2)24(20,21)17-11(5-22-6-11)12(14,15)16/h4,17H,3,5-6H2,1-2H3. The number of nitrogens with zero attached hydrogens (tertiary/aromatic N) is 1. The van der Waals surface area contributed by atoms with Gasteiger partial charge >= 0.3 is 12.1 Å². The molecule has 0 amide bonds. The number of rotatable bonds is 5. The first-order valence-electron chi connectivity index (χ1n) is 6.65. The molecule has 1 aromatic rings. The summed E-state index contributed by atoms with van der Waals surface area (Å²) in [6.07, 6.45) is -4.22. The van der Waals surface area contributed by atoms with Crippen LogP contribution in [0.5, 0.6) is 0 Å². The fourth-order valence-electron chi connectivity index (χ4n) is 2.09. The number of esters is 1. The predicted octanol–water partition coefficient (Wildman–Crippen LogP) is 0.950. The Morgan fingerprint density at radius 3 is 2.46 bits per heavy atom. The van der Waals surface area contributed by atoms with Crippen LogP contribution in [0.1, 0.15) is 17.4 Å². The van der Waals surface area contributed by atoms with Gasteiger partial charge in [-0.3, -0.25) is 0 Å². The van der Waals surface area contributed by atoms with Crippen LogP contribution in [0.15, 0.2) is 11.1 Å². The summed E-state index contributed by atoms with van der Waals surface area (Å²) in [5.74, 6) is -2.61. The van der Waals surface area contributed by atoms with Crippen LogP contribution in [0.4, 0.5) is 17.6 Å². The molecule has 136 valence electrons. The Morgan fingerprint density at radius 1 is 1.46 bits per heavy atom. The molecule has 0 aromatic carbocycles. The van der Waals surface area contributed by atoms with Crippen LogP contribution in [0.25, 0.3) is 0 Å². The van der Waals surface area contributed by atoms with Crippen LogP contribution in [0.3, 0.4) is 0 Å². The normalized spacial score (nSPS) is 17.4. The SMILES string of the molecule is CCOC(=O)c1c(F)c(S(=O)(=O)NC2(C(F)(F)F)COC2)cn1C. The van der Waals surface area contributed by atoms with E-state index in [1.165, 1.54) is 18.7 Å². The Bertz CT molecular complexity index is 752. The van der Waals surface area contributed by atoms with Gasteiger partial charge in [-0.2, -0.15) is 17.9 Å². The van der Waals surface area contributed by atoms with Crippen molar-refractivity contribution in [3.05, 3.63) is 17.7 Å². The monoisotopic (exact) mass is 374 g/mol. The van der Waals surface area contributed by atoms with Crippen LogP contribution in [-0.4, -0.2) is 50.5 Å². The lowest BCUT2D eigenvalue weighted by atomic mass is 9.99. The number of carbonyl (C=O) groups is 1. The fraction of sp³-hybridized carbons (Fsp3) is 0.583. The number of nitrogens with one attached hydrogen (secondary N) is 1. The maximum absolute atomic E-state index is 14.3. The molecule has 0 aliphatic carbocycles. The van der Waals surface area contributed by atoms with Crippen LogP contribution in [0.2, 0.25) is 0 Å². The number of carbonyl (C=O) groups excluding carboxylic acids is 1. The van der Waals surface area contributed by atoms with Crippen LogP contribution < -0.4 is 4.72 Å². The van der Waals surface area contributed by atoms with Crippen molar-refractivity contribution in [1.29, 1.82) is 0 Å². The Hall–Kier alpha value is -1.66. The van der Waals surface area contributed by atoms with Gasteiger partial charge in [-0.05, 0) is 6.92 Å². The van der Waals surface area contributed by atoms with Crippen molar-refractivity contribution in [1.82, 2.24) is 9.29 Å². The van der Waals surface area contributed by atoms with Crippen molar-refractivity contribution in [2.45, 2.75) is 23.5 Å². The topological polar surface area (TPSA) is 86.6 Å². The molecule has 0 unspecified atom stereocenters. The molecule has 0 atom stereocenters. The minimum atomic E-state index is -4.92. The van der Waals surface area contributed by atoms with Crippen LogP contribution >= 0.6 is 0 Å². The predicted molar refractivity (Wildman–Crippen MR) is 71.3 cm³/mol. The molecule has 12 heteroatoms. The highest BCUT2D eigenvalue weighted by molar-refractivity contribution is 7.89. The molecule has 1 aromatic heterocycles. The Morgan fingerprint density at radius 2 is 2.04 bits per heavy atom. The minimum absolute atomic E-state index is 0.0850. The van der Waals surface area contributed by atoms with Gasteiger partial charge in [0, 0.05) is 13.2 Å². The van der Waals surface area contributed by atoms with Crippen molar-refractivity contribution in [3.8, 4) is 0 Å². The number of aromatic nitrogens is 1. The molecular formula is C12H14F4N2O5S. The van der Waals surface area contributed by atoms with E-state index in [1.807, 2.05) is 0 Å². The summed E-state index contributed by atoms with van der Waals surface area (Å²) in [6.45, 7) is -0.468. The summed E-state index contributed by atoms with van der Waals surface area (Å²) >= 11 is 0. The maximum Gasteiger partial charge on any atom is 0.412 e.